The van der Waals surface area contributed by atoms with Gasteiger partial charge in [0.1, 0.15) is 0 Å². The van der Waals surface area contributed by atoms with Crippen molar-refractivity contribution in [2.45, 2.75) is 18.9 Å². The standard InChI is InChI=1S/C14H20N2O3S/c1-14(19,8-9-20-2)10-15-12(17)13(18)16-11-6-4-3-5-7-11/h3-7,19H,8-10H2,1-2H3,(H,15,17)(H,16,18). The zero-order valence-electron chi connectivity index (χ0n) is 11.7. The van der Waals surface area contributed by atoms with Gasteiger partial charge in [0.15, 0.2) is 0 Å². The van der Waals surface area contributed by atoms with Crippen molar-refractivity contribution < 1.29 is 14.7 Å². The fourth-order valence-corrected chi connectivity index (χ4v) is 2.11. The highest BCUT2D eigenvalue weighted by molar-refractivity contribution is 7.98. The quantitative estimate of drug-likeness (QED) is 0.690. The fraction of sp³-hybridized carbons (Fsp3) is 0.429. The number of thioether (sulfide) groups is 1. The highest BCUT2D eigenvalue weighted by Gasteiger charge is 2.22. The summed E-state index contributed by atoms with van der Waals surface area (Å²) in [6.07, 6.45) is 2.50. The first-order valence-corrected chi connectivity index (χ1v) is 7.69. The predicted octanol–water partition coefficient (Wildman–Crippen LogP) is 1.25. The highest BCUT2D eigenvalue weighted by atomic mass is 32.2. The van der Waals surface area contributed by atoms with Crippen LogP contribution in [0.5, 0.6) is 0 Å². The predicted molar refractivity (Wildman–Crippen MR) is 81.7 cm³/mol. The van der Waals surface area contributed by atoms with E-state index in [9.17, 15) is 14.7 Å². The number of nitrogens with one attached hydrogen (secondary N) is 2. The summed E-state index contributed by atoms with van der Waals surface area (Å²) in [5, 5.41) is 14.9. The molecule has 1 unspecified atom stereocenters. The molecule has 1 aromatic rings. The highest BCUT2D eigenvalue weighted by Crippen LogP contribution is 2.11. The first-order chi connectivity index (χ1) is 9.44. The van der Waals surface area contributed by atoms with Crippen molar-refractivity contribution >= 4 is 29.3 Å². The maximum atomic E-state index is 11.6. The van der Waals surface area contributed by atoms with E-state index in [1.165, 1.54) is 0 Å². The van der Waals surface area contributed by atoms with E-state index >= 15 is 0 Å². The lowest BCUT2D eigenvalue weighted by Gasteiger charge is -2.22. The van der Waals surface area contributed by atoms with Crippen LogP contribution in [0.2, 0.25) is 0 Å². The van der Waals surface area contributed by atoms with E-state index in [4.69, 9.17) is 0 Å². The third-order valence-corrected chi connectivity index (χ3v) is 3.32. The third-order valence-electron chi connectivity index (χ3n) is 2.71. The molecule has 0 radical (unpaired) electrons. The number of carbonyl (C=O) groups excluding carboxylic acids is 2. The van der Waals surface area contributed by atoms with E-state index in [1.807, 2.05) is 12.3 Å². The molecule has 110 valence electrons. The molecule has 0 saturated carbocycles. The van der Waals surface area contributed by atoms with Crippen molar-refractivity contribution in [2.24, 2.45) is 0 Å². The van der Waals surface area contributed by atoms with Gasteiger partial charge in [-0.2, -0.15) is 11.8 Å². The zero-order chi connectivity index (χ0) is 15.0. The first kappa shape index (κ1) is 16.5. The molecule has 0 bridgehead atoms. The Kier molecular flexibility index (Phi) is 6.54. The second-order valence-corrected chi connectivity index (χ2v) is 5.73. The van der Waals surface area contributed by atoms with Crippen LogP contribution in [-0.4, -0.2) is 41.1 Å². The van der Waals surface area contributed by atoms with E-state index in [0.717, 1.165) is 5.75 Å². The van der Waals surface area contributed by atoms with E-state index in [2.05, 4.69) is 10.6 Å². The Labute approximate surface area is 123 Å². The summed E-state index contributed by atoms with van der Waals surface area (Å²) < 4.78 is 0. The molecular weight excluding hydrogens is 276 g/mol. The number of para-hydroxylation sites is 1. The van der Waals surface area contributed by atoms with Crippen molar-refractivity contribution in [3.05, 3.63) is 30.3 Å². The molecule has 0 aliphatic heterocycles. The maximum absolute atomic E-state index is 11.6. The van der Waals surface area contributed by atoms with Crippen LogP contribution in [-0.2, 0) is 9.59 Å². The van der Waals surface area contributed by atoms with Gasteiger partial charge in [-0.3, -0.25) is 9.59 Å². The summed E-state index contributed by atoms with van der Waals surface area (Å²) in [7, 11) is 0. The van der Waals surface area contributed by atoms with Gasteiger partial charge in [-0.25, -0.2) is 0 Å². The minimum absolute atomic E-state index is 0.0502. The van der Waals surface area contributed by atoms with Crippen LogP contribution in [0.4, 0.5) is 5.69 Å². The molecule has 1 atom stereocenters. The average molecular weight is 296 g/mol. The Balaban J connectivity index is 2.40. The van der Waals surface area contributed by atoms with Crippen LogP contribution < -0.4 is 10.6 Å². The second kappa shape index (κ2) is 7.91. The number of anilines is 1. The van der Waals surface area contributed by atoms with Gasteiger partial charge in [0, 0.05) is 12.2 Å². The van der Waals surface area contributed by atoms with Crippen molar-refractivity contribution in [2.75, 3.05) is 23.9 Å². The summed E-state index contributed by atoms with van der Waals surface area (Å²) in [5.41, 5.74) is -0.451. The second-order valence-electron chi connectivity index (χ2n) is 4.74. The lowest BCUT2D eigenvalue weighted by molar-refractivity contribution is -0.136. The van der Waals surface area contributed by atoms with Crippen LogP contribution in [0.25, 0.3) is 0 Å². The smallest absolute Gasteiger partial charge is 0.313 e. The van der Waals surface area contributed by atoms with Gasteiger partial charge in [-0.1, -0.05) is 18.2 Å². The van der Waals surface area contributed by atoms with Crippen molar-refractivity contribution in [3.8, 4) is 0 Å². The van der Waals surface area contributed by atoms with Gasteiger partial charge in [0.05, 0.1) is 5.60 Å². The Hall–Kier alpha value is -1.53. The topological polar surface area (TPSA) is 78.4 Å². The molecule has 3 N–H and O–H groups in total. The minimum Gasteiger partial charge on any atom is -0.388 e. The summed E-state index contributed by atoms with van der Waals surface area (Å²) >= 11 is 1.62. The van der Waals surface area contributed by atoms with Crippen LogP contribution in [0, 0.1) is 0 Å². The number of carbonyl (C=O) groups is 2. The summed E-state index contributed by atoms with van der Waals surface area (Å²) in [4.78, 5) is 23.3. The molecule has 1 rings (SSSR count). The Morgan fingerprint density at radius 3 is 2.50 bits per heavy atom. The molecule has 0 spiro atoms. The van der Waals surface area contributed by atoms with E-state index in [0.29, 0.717) is 12.1 Å². The number of hydrogen-bond donors (Lipinski definition) is 3. The maximum Gasteiger partial charge on any atom is 0.313 e. The molecule has 1 aromatic carbocycles. The van der Waals surface area contributed by atoms with Gasteiger partial charge in [0.25, 0.3) is 0 Å². The molecule has 0 aliphatic carbocycles. The Bertz CT molecular complexity index is 449. The molecule has 0 aromatic heterocycles. The lowest BCUT2D eigenvalue weighted by Crippen LogP contribution is -2.44. The van der Waals surface area contributed by atoms with Crippen LogP contribution in [0.1, 0.15) is 13.3 Å². The van der Waals surface area contributed by atoms with Gasteiger partial charge < -0.3 is 15.7 Å². The summed E-state index contributed by atoms with van der Waals surface area (Å²) in [6.45, 7) is 1.69. The monoisotopic (exact) mass is 296 g/mol. The molecule has 0 aliphatic rings. The van der Waals surface area contributed by atoms with Crippen LogP contribution in [0.15, 0.2) is 30.3 Å². The van der Waals surface area contributed by atoms with Crippen LogP contribution in [0.3, 0.4) is 0 Å². The number of benzene rings is 1. The minimum atomic E-state index is -1.01. The molecular formula is C14H20N2O3S. The largest absolute Gasteiger partial charge is 0.388 e. The van der Waals surface area contributed by atoms with Gasteiger partial charge in [-0.05, 0) is 37.5 Å². The van der Waals surface area contributed by atoms with Crippen molar-refractivity contribution in [1.29, 1.82) is 0 Å². The van der Waals surface area contributed by atoms with E-state index in [-0.39, 0.29) is 6.54 Å². The fourth-order valence-electron chi connectivity index (χ4n) is 1.47. The molecule has 20 heavy (non-hydrogen) atoms. The number of rotatable bonds is 6. The normalized spacial score (nSPS) is 13.3. The SMILES string of the molecule is CSCCC(C)(O)CNC(=O)C(=O)Nc1ccccc1. The van der Waals surface area contributed by atoms with Crippen molar-refractivity contribution in [1.82, 2.24) is 5.32 Å². The summed E-state index contributed by atoms with van der Waals surface area (Å²) in [5.74, 6) is -0.700. The number of hydrogen-bond acceptors (Lipinski definition) is 4. The van der Waals surface area contributed by atoms with Crippen LogP contribution >= 0.6 is 11.8 Å². The number of aliphatic hydroxyl groups is 1. The van der Waals surface area contributed by atoms with Gasteiger partial charge in [-0.15, -0.1) is 0 Å². The first-order valence-electron chi connectivity index (χ1n) is 6.30. The molecule has 6 heteroatoms. The average Bonchev–Trinajstić information content (AvgIpc) is 2.44. The Morgan fingerprint density at radius 1 is 1.25 bits per heavy atom. The molecule has 5 nitrogen and oxygen atoms in total. The molecule has 0 fully saturated rings. The van der Waals surface area contributed by atoms with Gasteiger partial charge in [0.2, 0.25) is 0 Å². The zero-order valence-corrected chi connectivity index (χ0v) is 12.5. The molecule has 2 amide bonds. The van der Waals surface area contributed by atoms with Crippen molar-refractivity contribution in [3.63, 3.8) is 0 Å². The third kappa shape index (κ3) is 6.08. The molecule has 0 heterocycles. The Morgan fingerprint density at radius 2 is 1.90 bits per heavy atom. The molecule has 0 saturated heterocycles. The van der Waals surface area contributed by atoms with E-state index < -0.39 is 17.4 Å². The number of amides is 2. The summed E-state index contributed by atoms with van der Waals surface area (Å²) in [6, 6.07) is 8.74. The van der Waals surface area contributed by atoms with E-state index in [1.54, 1.807) is 43.0 Å². The van der Waals surface area contributed by atoms with Gasteiger partial charge >= 0.3 is 11.8 Å². The lowest BCUT2D eigenvalue weighted by atomic mass is 10.0.